The minimum absolute atomic E-state index is 0.123. The van der Waals surface area contributed by atoms with Gasteiger partial charge in [0, 0.05) is 18.3 Å². The molecule has 2 heterocycles. The highest BCUT2D eigenvalue weighted by molar-refractivity contribution is 7.09. The summed E-state index contributed by atoms with van der Waals surface area (Å²) in [6.45, 7) is 2.39. The van der Waals surface area contributed by atoms with Crippen LogP contribution in [0.4, 0.5) is 4.39 Å². The molecule has 0 saturated carbocycles. The monoisotopic (exact) mass is 348 g/mol. The molecule has 1 saturated heterocycles. The minimum atomic E-state index is -0.542. The standard InChI is InChI=1S/C18H21FN2O2S/c1-12(22)16-7-2-3-8-21(16)18(23)15-11-24-17(20-15)10-13-5-4-6-14(19)9-13/h4-6,9,11-12,16,22H,2-3,7-8,10H2,1H3. The zero-order valence-electron chi connectivity index (χ0n) is 13.6. The van der Waals surface area contributed by atoms with Crippen molar-refractivity contribution in [3.05, 3.63) is 51.7 Å². The minimum Gasteiger partial charge on any atom is -0.391 e. The average Bonchev–Trinajstić information content (AvgIpc) is 3.02. The summed E-state index contributed by atoms with van der Waals surface area (Å²) in [6, 6.07) is 6.27. The number of benzene rings is 1. The lowest BCUT2D eigenvalue weighted by Crippen LogP contribution is -2.49. The summed E-state index contributed by atoms with van der Waals surface area (Å²) in [7, 11) is 0. The lowest BCUT2D eigenvalue weighted by Gasteiger charge is -2.37. The normalized spacial score (nSPS) is 19.3. The number of aromatic nitrogens is 1. The summed E-state index contributed by atoms with van der Waals surface area (Å²) in [6.07, 6.45) is 2.77. The van der Waals surface area contributed by atoms with Crippen LogP contribution in [-0.2, 0) is 6.42 Å². The number of carbonyl (C=O) groups is 1. The van der Waals surface area contributed by atoms with Crippen LogP contribution in [0.1, 0.15) is 47.2 Å². The van der Waals surface area contributed by atoms with Gasteiger partial charge in [0.2, 0.25) is 0 Å². The number of hydrogen-bond donors (Lipinski definition) is 1. The Kier molecular flexibility index (Phi) is 5.26. The van der Waals surface area contributed by atoms with E-state index in [-0.39, 0.29) is 17.8 Å². The lowest BCUT2D eigenvalue weighted by molar-refractivity contribution is 0.0277. The van der Waals surface area contributed by atoms with E-state index in [9.17, 15) is 14.3 Å². The van der Waals surface area contributed by atoms with Crippen LogP contribution in [0.2, 0.25) is 0 Å². The second-order valence-electron chi connectivity index (χ2n) is 6.24. The van der Waals surface area contributed by atoms with Crippen molar-refractivity contribution in [2.75, 3.05) is 6.54 Å². The number of aliphatic hydroxyl groups excluding tert-OH is 1. The van der Waals surface area contributed by atoms with Crippen molar-refractivity contribution >= 4 is 17.2 Å². The number of rotatable bonds is 4. The molecule has 1 aromatic heterocycles. The molecule has 2 atom stereocenters. The topological polar surface area (TPSA) is 53.4 Å². The van der Waals surface area contributed by atoms with E-state index in [0.717, 1.165) is 29.8 Å². The van der Waals surface area contributed by atoms with Crippen LogP contribution in [0.25, 0.3) is 0 Å². The summed E-state index contributed by atoms with van der Waals surface area (Å²) in [5.74, 6) is -0.393. The first-order valence-electron chi connectivity index (χ1n) is 8.22. The van der Waals surface area contributed by atoms with Gasteiger partial charge in [-0.05, 0) is 43.9 Å². The quantitative estimate of drug-likeness (QED) is 0.923. The van der Waals surface area contributed by atoms with Crippen molar-refractivity contribution in [3.63, 3.8) is 0 Å². The molecule has 1 fully saturated rings. The third-order valence-electron chi connectivity index (χ3n) is 4.38. The van der Waals surface area contributed by atoms with Crippen LogP contribution in [-0.4, -0.2) is 39.6 Å². The van der Waals surface area contributed by atoms with Crippen LogP contribution in [0, 0.1) is 5.82 Å². The highest BCUT2D eigenvalue weighted by Crippen LogP contribution is 2.23. The summed E-state index contributed by atoms with van der Waals surface area (Å²) >= 11 is 1.41. The van der Waals surface area contributed by atoms with Gasteiger partial charge in [0.1, 0.15) is 11.5 Å². The van der Waals surface area contributed by atoms with Crippen LogP contribution < -0.4 is 0 Å². The average molecular weight is 348 g/mol. The fraction of sp³-hybridized carbons (Fsp3) is 0.444. The van der Waals surface area contributed by atoms with Crippen molar-refractivity contribution in [3.8, 4) is 0 Å². The zero-order valence-corrected chi connectivity index (χ0v) is 14.4. The Morgan fingerprint density at radius 3 is 3.08 bits per heavy atom. The molecule has 0 spiro atoms. The third kappa shape index (κ3) is 3.82. The van der Waals surface area contributed by atoms with Crippen molar-refractivity contribution in [1.82, 2.24) is 9.88 Å². The SMILES string of the molecule is CC(O)C1CCCCN1C(=O)c1csc(Cc2cccc(F)c2)n1. The van der Waals surface area contributed by atoms with Crippen molar-refractivity contribution in [2.45, 2.75) is 44.8 Å². The van der Waals surface area contributed by atoms with E-state index in [0.29, 0.717) is 18.7 Å². The summed E-state index contributed by atoms with van der Waals surface area (Å²) in [5.41, 5.74) is 1.25. The number of thiazole rings is 1. The second kappa shape index (κ2) is 7.40. The van der Waals surface area contributed by atoms with Gasteiger partial charge in [-0.25, -0.2) is 9.37 Å². The van der Waals surface area contributed by atoms with Gasteiger partial charge in [0.25, 0.3) is 5.91 Å². The number of halogens is 1. The number of carbonyl (C=O) groups excluding carboxylic acids is 1. The van der Waals surface area contributed by atoms with E-state index >= 15 is 0 Å². The van der Waals surface area contributed by atoms with Crippen molar-refractivity contribution < 1.29 is 14.3 Å². The van der Waals surface area contributed by atoms with Crippen molar-refractivity contribution in [1.29, 1.82) is 0 Å². The van der Waals surface area contributed by atoms with Crippen LogP contribution >= 0.6 is 11.3 Å². The summed E-state index contributed by atoms with van der Waals surface area (Å²) < 4.78 is 13.3. The number of amides is 1. The van der Waals surface area contributed by atoms with Gasteiger partial charge in [0.05, 0.1) is 17.2 Å². The first-order chi connectivity index (χ1) is 11.5. The first kappa shape index (κ1) is 17.0. The largest absolute Gasteiger partial charge is 0.391 e. The van der Waals surface area contributed by atoms with E-state index in [2.05, 4.69) is 4.98 Å². The maximum Gasteiger partial charge on any atom is 0.273 e. The first-order valence-corrected chi connectivity index (χ1v) is 9.10. The predicted molar refractivity (Wildman–Crippen MR) is 91.7 cm³/mol. The molecule has 0 bridgehead atoms. The molecule has 1 aromatic carbocycles. The highest BCUT2D eigenvalue weighted by atomic mass is 32.1. The fourth-order valence-electron chi connectivity index (χ4n) is 3.17. The number of piperidine rings is 1. The Morgan fingerprint density at radius 1 is 1.50 bits per heavy atom. The molecular formula is C18H21FN2O2S. The second-order valence-corrected chi connectivity index (χ2v) is 7.18. The van der Waals surface area contributed by atoms with E-state index in [1.807, 2.05) is 6.07 Å². The van der Waals surface area contributed by atoms with E-state index < -0.39 is 6.10 Å². The Labute approximate surface area is 145 Å². The van der Waals surface area contributed by atoms with Gasteiger partial charge in [-0.2, -0.15) is 0 Å². The smallest absolute Gasteiger partial charge is 0.273 e. The molecule has 6 heteroatoms. The molecule has 0 aliphatic carbocycles. The van der Waals surface area contributed by atoms with Gasteiger partial charge in [-0.1, -0.05) is 12.1 Å². The maximum atomic E-state index is 13.3. The summed E-state index contributed by atoms with van der Waals surface area (Å²) in [4.78, 5) is 18.9. The summed E-state index contributed by atoms with van der Waals surface area (Å²) in [5, 5.41) is 12.5. The van der Waals surface area contributed by atoms with Crippen molar-refractivity contribution in [2.24, 2.45) is 0 Å². The Morgan fingerprint density at radius 2 is 2.33 bits per heavy atom. The number of likely N-dealkylation sites (tertiary alicyclic amines) is 1. The Bertz CT molecular complexity index is 717. The molecular weight excluding hydrogens is 327 g/mol. The molecule has 4 nitrogen and oxygen atoms in total. The molecule has 1 amide bonds. The maximum absolute atomic E-state index is 13.3. The highest BCUT2D eigenvalue weighted by Gasteiger charge is 2.31. The van der Waals surface area contributed by atoms with Gasteiger partial charge < -0.3 is 10.0 Å². The van der Waals surface area contributed by atoms with Crippen LogP contribution in [0.15, 0.2) is 29.6 Å². The van der Waals surface area contributed by atoms with Gasteiger partial charge >= 0.3 is 0 Å². The van der Waals surface area contributed by atoms with Gasteiger partial charge in [0.15, 0.2) is 0 Å². The Balaban J connectivity index is 1.73. The molecule has 0 radical (unpaired) electrons. The van der Waals surface area contributed by atoms with Gasteiger partial charge in [-0.3, -0.25) is 4.79 Å². The molecule has 3 rings (SSSR count). The van der Waals surface area contributed by atoms with E-state index in [1.165, 1.54) is 23.5 Å². The molecule has 1 N–H and O–H groups in total. The van der Waals surface area contributed by atoms with E-state index in [4.69, 9.17) is 0 Å². The Hall–Kier alpha value is -1.79. The molecule has 24 heavy (non-hydrogen) atoms. The van der Waals surface area contributed by atoms with Crippen LogP contribution in [0.3, 0.4) is 0 Å². The number of aliphatic hydroxyl groups is 1. The van der Waals surface area contributed by atoms with Crippen LogP contribution in [0.5, 0.6) is 0 Å². The molecule has 1 aliphatic heterocycles. The number of hydrogen-bond acceptors (Lipinski definition) is 4. The van der Waals surface area contributed by atoms with Gasteiger partial charge in [-0.15, -0.1) is 11.3 Å². The van der Waals surface area contributed by atoms with E-state index in [1.54, 1.807) is 23.3 Å². The fourth-order valence-corrected chi connectivity index (χ4v) is 3.97. The molecule has 1 aliphatic rings. The zero-order chi connectivity index (χ0) is 17.1. The number of nitrogens with zero attached hydrogens (tertiary/aromatic N) is 2. The molecule has 2 unspecified atom stereocenters. The molecule has 128 valence electrons. The lowest BCUT2D eigenvalue weighted by atomic mass is 9.98. The predicted octanol–water partition coefficient (Wildman–Crippen LogP) is 3.25. The molecule has 2 aromatic rings. The third-order valence-corrected chi connectivity index (χ3v) is 5.23.